The normalized spacial score (nSPS) is 45.3. The van der Waals surface area contributed by atoms with E-state index in [1.54, 1.807) is 75.4 Å². The number of allylic oxidation sites excluding steroid dienone is 6. The van der Waals surface area contributed by atoms with Gasteiger partial charge in [-0.25, -0.2) is 4.79 Å². The van der Waals surface area contributed by atoms with Crippen LogP contribution in [0.15, 0.2) is 60.8 Å². The first-order chi connectivity index (χ1) is 23.2. The van der Waals surface area contributed by atoms with E-state index in [1.807, 2.05) is 12.2 Å². The van der Waals surface area contributed by atoms with Gasteiger partial charge in [0.15, 0.2) is 12.1 Å². The Morgan fingerprint density at radius 1 is 0.918 bits per heavy atom. The monoisotopic (exact) mass is 693 g/mol. The number of esters is 1. The van der Waals surface area contributed by atoms with Crippen LogP contribution in [0.1, 0.15) is 46.0 Å². The van der Waals surface area contributed by atoms with Crippen LogP contribution in [0, 0.1) is 5.92 Å². The van der Waals surface area contributed by atoms with Gasteiger partial charge in [0, 0.05) is 38.2 Å². The molecule has 0 aromatic rings. The van der Waals surface area contributed by atoms with Crippen molar-refractivity contribution in [3.8, 4) is 0 Å². The Labute approximate surface area is 286 Å². The third kappa shape index (κ3) is 11.1. The lowest BCUT2D eigenvalue weighted by Gasteiger charge is -2.46. The summed E-state index contributed by atoms with van der Waals surface area (Å²) in [6.07, 6.45) is 5.98. The van der Waals surface area contributed by atoms with Crippen molar-refractivity contribution in [2.75, 3.05) is 14.1 Å². The number of epoxide rings is 1. The van der Waals surface area contributed by atoms with E-state index in [0.717, 1.165) is 0 Å². The predicted molar refractivity (Wildman–Crippen MR) is 175 cm³/mol. The summed E-state index contributed by atoms with van der Waals surface area (Å²) in [5, 5.41) is 65.1. The zero-order valence-corrected chi connectivity index (χ0v) is 28.3. The molecule has 4 heterocycles. The molecule has 0 aromatic heterocycles. The second kappa shape index (κ2) is 17.4. The van der Waals surface area contributed by atoms with Crippen LogP contribution >= 0.6 is 0 Å². The molecule has 0 radical (unpaired) electrons. The number of aliphatic hydroxyl groups is 5. The molecule has 6 N–H and O–H groups in total. The van der Waals surface area contributed by atoms with Crippen LogP contribution in [-0.4, -0.2) is 141 Å². The molecule has 1 unspecified atom stereocenters. The molecule has 4 aliphatic heterocycles. The number of rotatable bonds is 4. The SMILES string of the molecule is C[C@@H]1C/C=C/C=C/C=C/C=C[C@H](OC2O[C@H](C)[C@@H](O)[C@H](N(C)C)[C@@H]2O)C[C@@H]2O[C@](O)(C[C@@H](O)C[C@H]3O[C@@H]3/C=C/C(=O)O1)C[C@H](O)[C@H]2C(=O)O. The van der Waals surface area contributed by atoms with Crippen LogP contribution in [0.2, 0.25) is 0 Å². The number of carbonyl (C=O) groups is 2. The molecule has 2 bridgehead atoms. The van der Waals surface area contributed by atoms with Gasteiger partial charge in [0.25, 0.3) is 0 Å². The number of ether oxygens (including phenoxy) is 5. The van der Waals surface area contributed by atoms with E-state index < -0.39 is 97.3 Å². The van der Waals surface area contributed by atoms with Crippen molar-refractivity contribution < 1.29 is 63.9 Å². The van der Waals surface area contributed by atoms with Crippen molar-refractivity contribution in [2.45, 2.75) is 125 Å². The number of carbonyl (C=O) groups excluding carboxylic acids is 1. The van der Waals surface area contributed by atoms with Crippen molar-refractivity contribution >= 4 is 11.9 Å². The summed E-state index contributed by atoms with van der Waals surface area (Å²) in [4.78, 5) is 26.2. The van der Waals surface area contributed by atoms with Crippen molar-refractivity contribution in [2.24, 2.45) is 5.92 Å². The summed E-state index contributed by atoms with van der Waals surface area (Å²) in [7, 11) is 3.41. The predicted octanol–water partition coefficient (Wildman–Crippen LogP) is 0.723. The van der Waals surface area contributed by atoms with E-state index in [0.29, 0.717) is 6.42 Å². The Kier molecular flexibility index (Phi) is 13.9. The van der Waals surface area contributed by atoms with Gasteiger partial charge in [-0.1, -0.05) is 48.6 Å². The lowest BCUT2D eigenvalue weighted by Crippen LogP contribution is -2.62. The van der Waals surface area contributed by atoms with Gasteiger partial charge in [-0.05, 0) is 34.0 Å². The highest BCUT2D eigenvalue weighted by molar-refractivity contribution is 5.82. The van der Waals surface area contributed by atoms with Crippen LogP contribution < -0.4 is 0 Å². The van der Waals surface area contributed by atoms with Gasteiger partial charge in [-0.2, -0.15) is 0 Å². The summed E-state index contributed by atoms with van der Waals surface area (Å²) in [6.45, 7) is 3.42. The Morgan fingerprint density at radius 2 is 1.61 bits per heavy atom. The molecule has 4 rings (SSSR count). The number of fused-ring (bicyclic) bond motifs is 3. The Bertz CT molecular complexity index is 1270. The molecule has 3 saturated heterocycles. The minimum atomic E-state index is -2.09. The number of hydrogen-bond donors (Lipinski definition) is 6. The lowest BCUT2D eigenvalue weighted by atomic mass is 9.83. The highest BCUT2D eigenvalue weighted by atomic mass is 16.7. The first-order valence-electron chi connectivity index (χ1n) is 16.7. The third-order valence-corrected chi connectivity index (χ3v) is 9.08. The summed E-state index contributed by atoms with van der Waals surface area (Å²) in [5.41, 5.74) is 0. The number of aliphatic hydroxyl groups excluding tert-OH is 4. The van der Waals surface area contributed by atoms with E-state index in [9.17, 15) is 40.2 Å². The highest BCUT2D eigenvalue weighted by Gasteiger charge is 2.51. The van der Waals surface area contributed by atoms with Gasteiger partial charge in [0.05, 0.1) is 48.8 Å². The van der Waals surface area contributed by atoms with Crippen molar-refractivity contribution in [1.29, 1.82) is 0 Å². The maximum Gasteiger partial charge on any atom is 0.330 e. The fourth-order valence-corrected chi connectivity index (χ4v) is 6.56. The maximum atomic E-state index is 12.3. The quantitative estimate of drug-likeness (QED) is 0.177. The fraction of sp³-hybridized carbons (Fsp3) is 0.657. The van der Waals surface area contributed by atoms with E-state index in [-0.39, 0.29) is 25.4 Å². The third-order valence-electron chi connectivity index (χ3n) is 9.08. The molecule has 4 aliphatic rings. The molecular weight excluding hydrogens is 642 g/mol. The summed E-state index contributed by atoms with van der Waals surface area (Å²) in [6, 6.07) is -0.725. The van der Waals surface area contributed by atoms with Crippen LogP contribution in [0.4, 0.5) is 0 Å². The highest BCUT2D eigenvalue weighted by Crippen LogP contribution is 2.39. The van der Waals surface area contributed by atoms with Crippen molar-refractivity contribution in [3.05, 3.63) is 60.8 Å². The van der Waals surface area contributed by atoms with Gasteiger partial charge < -0.3 is 59.2 Å². The average Bonchev–Trinajstić information content (AvgIpc) is 3.73. The zero-order chi connectivity index (χ0) is 35.9. The van der Waals surface area contributed by atoms with E-state index >= 15 is 0 Å². The summed E-state index contributed by atoms with van der Waals surface area (Å²) in [5.74, 6) is -5.41. The number of cyclic esters (lactones) is 1. The number of carboxylic acids is 1. The molecule has 274 valence electrons. The zero-order valence-electron chi connectivity index (χ0n) is 28.3. The topological polar surface area (TPSA) is 208 Å². The number of hydrogen-bond acceptors (Lipinski definition) is 13. The van der Waals surface area contributed by atoms with Crippen LogP contribution in [-0.2, 0) is 33.3 Å². The fourth-order valence-electron chi connectivity index (χ4n) is 6.56. The Hall–Kier alpha value is -2.76. The second-order valence-electron chi connectivity index (χ2n) is 13.5. The molecule has 14 nitrogen and oxygen atoms in total. The first kappa shape index (κ1) is 39.0. The van der Waals surface area contributed by atoms with Gasteiger partial charge in [-0.15, -0.1) is 0 Å². The molecule has 0 aliphatic carbocycles. The molecule has 0 amide bonds. The Morgan fingerprint density at radius 3 is 2.31 bits per heavy atom. The summed E-state index contributed by atoms with van der Waals surface area (Å²) < 4.78 is 28.9. The maximum absolute atomic E-state index is 12.3. The van der Waals surface area contributed by atoms with Crippen LogP contribution in [0.5, 0.6) is 0 Å². The molecule has 0 aromatic carbocycles. The number of aliphatic carboxylic acids is 1. The second-order valence-corrected chi connectivity index (χ2v) is 13.5. The van der Waals surface area contributed by atoms with Gasteiger partial charge in [0.1, 0.15) is 24.2 Å². The smallest absolute Gasteiger partial charge is 0.330 e. The van der Waals surface area contributed by atoms with E-state index in [1.165, 1.54) is 6.08 Å². The summed E-state index contributed by atoms with van der Waals surface area (Å²) >= 11 is 0. The molecular formula is C35H51NO13. The number of nitrogens with zero attached hydrogens (tertiary/aromatic N) is 1. The molecule has 0 saturated carbocycles. The van der Waals surface area contributed by atoms with Gasteiger partial charge in [-0.3, -0.25) is 4.79 Å². The minimum absolute atomic E-state index is 0.0857. The molecule has 14 atom stereocenters. The molecule has 49 heavy (non-hydrogen) atoms. The number of carboxylic acid groups (broad SMARTS) is 1. The van der Waals surface area contributed by atoms with Crippen LogP contribution in [0.3, 0.4) is 0 Å². The molecule has 14 heteroatoms. The van der Waals surface area contributed by atoms with E-state index in [2.05, 4.69) is 0 Å². The van der Waals surface area contributed by atoms with Gasteiger partial charge >= 0.3 is 11.9 Å². The Balaban J connectivity index is 1.60. The average molecular weight is 694 g/mol. The lowest BCUT2D eigenvalue weighted by molar-refractivity contribution is -0.311. The van der Waals surface area contributed by atoms with Crippen molar-refractivity contribution in [3.63, 3.8) is 0 Å². The van der Waals surface area contributed by atoms with Crippen LogP contribution in [0.25, 0.3) is 0 Å². The minimum Gasteiger partial charge on any atom is -0.481 e. The van der Waals surface area contributed by atoms with E-state index in [4.69, 9.17) is 23.7 Å². The van der Waals surface area contributed by atoms with Crippen molar-refractivity contribution in [1.82, 2.24) is 4.90 Å². The number of likely N-dealkylation sites (N-methyl/N-ethyl adjacent to an activating group) is 1. The molecule has 0 spiro atoms. The van der Waals surface area contributed by atoms with Gasteiger partial charge in [0.2, 0.25) is 0 Å². The standard InChI is InChI=1S/C35H51NO13/c1-20-12-10-8-6-5-7-9-11-13-23(47-34-32(41)30(36(3)4)31(40)21(2)46-34)17-27-29(33(42)43)24(38)19-35(44,49-27)18-22(37)16-26-25(48-26)14-15-28(39)45-20/h5-11,13-15,20-27,29-32,34,37-38,40-41,44H,12,16-19H2,1-4H3,(H,42,43)/b6-5+,9-7+,10-8+,13-11?,15-14+/t20-,21-,22+,23+,24+,25-,26-,27+,29-,30+,31-,32+,34?,35-/m1/s1. The first-order valence-corrected chi connectivity index (χ1v) is 16.7. The largest absolute Gasteiger partial charge is 0.481 e. The molecule has 3 fully saturated rings.